The topological polar surface area (TPSA) is 24.5 Å². The lowest BCUT2D eigenvalue weighted by Gasteiger charge is -2.34. The van der Waals surface area contributed by atoms with E-state index in [2.05, 4.69) is 205 Å². The highest BCUT2D eigenvalue weighted by molar-refractivity contribution is 5.87. The van der Waals surface area contributed by atoms with Gasteiger partial charge in [0, 0.05) is 46.2 Å². The number of rotatable bonds is 6. The summed E-state index contributed by atoms with van der Waals surface area (Å²) >= 11 is 0. The highest BCUT2D eigenvalue weighted by Gasteiger charge is 2.34. The minimum atomic E-state index is 0.0586. The summed E-state index contributed by atoms with van der Waals surface area (Å²) in [6.07, 6.45) is 26.2. The number of benzene rings is 5. The molecule has 3 heteroatoms. The molecule has 0 saturated heterocycles. The Morgan fingerprint density at radius 3 is 2.36 bits per heavy atom. The second kappa shape index (κ2) is 14.7. The van der Waals surface area contributed by atoms with E-state index in [1.54, 1.807) is 0 Å². The van der Waals surface area contributed by atoms with Gasteiger partial charge in [-0.05, 0) is 101 Å². The van der Waals surface area contributed by atoms with Gasteiger partial charge in [-0.25, -0.2) is 0 Å². The average Bonchev–Trinajstić information content (AvgIpc) is 3.65. The van der Waals surface area contributed by atoms with E-state index in [9.17, 15) is 0 Å². The van der Waals surface area contributed by atoms with Gasteiger partial charge in [0.05, 0.1) is 6.04 Å². The molecule has 0 saturated carbocycles. The number of allylic oxidation sites excluding steroid dienone is 8. The van der Waals surface area contributed by atoms with Crippen LogP contribution in [0.1, 0.15) is 71.9 Å². The summed E-state index contributed by atoms with van der Waals surface area (Å²) < 4.78 is 6.61. The van der Waals surface area contributed by atoms with Crippen LogP contribution in [0.3, 0.4) is 0 Å². The number of ether oxygens (including phenoxy) is 1. The average molecular weight is 727 g/mol. The van der Waals surface area contributed by atoms with Crippen molar-refractivity contribution in [1.29, 1.82) is 0 Å². The first kappa shape index (κ1) is 34.2. The molecule has 5 aromatic carbocycles. The van der Waals surface area contributed by atoms with Crippen molar-refractivity contribution >= 4 is 17.0 Å². The summed E-state index contributed by atoms with van der Waals surface area (Å²) in [5.41, 5.74) is 15.1. The van der Waals surface area contributed by atoms with Crippen LogP contribution in [0.25, 0.3) is 22.4 Å². The number of nitrogens with zero attached hydrogens (tertiary/aromatic N) is 1. The molecule has 1 N–H and O–H groups in total. The second-order valence-corrected chi connectivity index (χ2v) is 15.6. The number of hydrogen-bond donors (Lipinski definition) is 1. The molecular formula is C53H46N2O. The first-order chi connectivity index (χ1) is 27.7. The van der Waals surface area contributed by atoms with Crippen LogP contribution in [0.2, 0.25) is 0 Å². The SMILES string of the molecule is CC1CC(c2ccccc2C2=CC(c3ccccc3)NC(c3ccccc3)=C2)/C=C\N(c2cccc(-c3cccc4c3OC3C=CC=CC43)c2)C2=C1CCC=C2. The van der Waals surface area contributed by atoms with E-state index in [0.29, 0.717) is 5.92 Å². The maximum Gasteiger partial charge on any atom is 0.132 e. The lowest BCUT2D eigenvalue weighted by Crippen LogP contribution is -2.24. The molecule has 3 aliphatic heterocycles. The normalized spacial score (nSPS) is 24.1. The van der Waals surface area contributed by atoms with Crippen molar-refractivity contribution in [3.05, 3.63) is 227 Å². The van der Waals surface area contributed by atoms with E-state index >= 15 is 0 Å². The Morgan fingerprint density at radius 1 is 0.714 bits per heavy atom. The fourth-order valence-electron chi connectivity index (χ4n) is 9.36. The maximum atomic E-state index is 6.61. The van der Waals surface area contributed by atoms with Crippen LogP contribution in [0.4, 0.5) is 5.69 Å². The van der Waals surface area contributed by atoms with Crippen LogP contribution in [-0.2, 0) is 0 Å². The minimum absolute atomic E-state index is 0.0586. The summed E-state index contributed by atoms with van der Waals surface area (Å²) in [5.74, 6) is 1.91. The third-order valence-electron chi connectivity index (χ3n) is 12.2. The zero-order valence-electron chi connectivity index (χ0n) is 31.8. The third-order valence-corrected chi connectivity index (χ3v) is 12.2. The van der Waals surface area contributed by atoms with Crippen LogP contribution in [0.15, 0.2) is 200 Å². The second-order valence-electron chi connectivity index (χ2n) is 15.6. The van der Waals surface area contributed by atoms with Gasteiger partial charge < -0.3 is 15.0 Å². The van der Waals surface area contributed by atoms with Gasteiger partial charge in [0.25, 0.3) is 0 Å². The predicted octanol–water partition coefficient (Wildman–Crippen LogP) is 12.8. The van der Waals surface area contributed by atoms with E-state index in [1.165, 1.54) is 50.2 Å². The van der Waals surface area contributed by atoms with Gasteiger partial charge in [0.2, 0.25) is 0 Å². The molecule has 0 amide bonds. The molecule has 3 heterocycles. The van der Waals surface area contributed by atoms with Gasteiger partial charge in [-0.3, -0.25) is 0 Å². The predicted molar refractivity (Wildman–Crippen MR) is 232 cm³/mol. The van der Waals surface area contributed by atoms with E-state index < -0.39 is 0 Å². The quantitative estimate of drug-likeness (QED) is 0.189. The number of nitrogens with one attached hydrogen (secondary N) is 1. The zero-order valence-corrected chi connectivity index (χ0v) is 31.8. The molecule has 2 aliphatic carbocycles. The zero-order chi connectivity index (χ0) is 37.4. The third kappa shape index (κ3) is 6.37. The molecule has 0 radical (unpaired) electrons. The van der Waals surface area contributed by atoms with Gasteiger partial charge in [-0.1, -0.05) is 153 Å². The molecule has 56 heavy (non-hydrogen) atoms. The summed E-state index contributed by atoms with van der Waals surface area (Å²) in [7, 11) is 0. The Kier molecular flexibility index (Phi) is 8.99. The largest absolute Gasteiger partial charge is 0.484 e. The molecule has 5 atom stereocenters. The monoisotopic (exact) mass is 726 g/mol. The molecule has 5 aliphatic rings. The Hall–Kier alpha value is -6.32. The molecular weight excluding hydrogens is 681 g/mol. The molecule has 10 rings (SSSR count). The molecule has 274 valence electrons. The molecule has 5 aromatic rings. The Bertz CT molecular complexity index is 2500. The Labute approximate surface area is 331 Å². The fraction of sp³-hybridized carbons (Fsp3) is 0.170. The summed E-state index contributed by atoms with van der Waals surface area (Å²) in [6.45, 7) is 2.44. The number of para-hydroxylation sites is 1. The van der Waals surface area contributed by atoms with E-state index in [0.717, 1.165) is 42.0 Å². The van der Waals surface area contributed by atoms with Crippen molar-refractivity contribution in [1.82, 2.24) is 5.32 Å². The first-order valence-corrected chi connectivity index (χ1v) is 20.2. The lowest BCUT2D eigenvalue weighted by atomic mass is 9.78. The fourth-order valence-corrected chi connectivity index (χ4v) is 9.36. The van der Waals surface area contributed by atoms with Gasteiger partial charge in [0.15, 0.2) is 0 Å². The number of anilines is 1. The van der Waals surface area contributed by atoms with Crippen molar-refractivity contribution in [2.45, 2.75) is 50.2 Å². The highest BCUT2D eigenvalue weighted by Crippen LogP contribution is 2.48. The van der Waals surface area contributed by atoms with Crippen molar-refractivity contribution in [3.63, 3.8) is 0 Å². The lowest BCUT2D eigenvalue weighted by molar-refractivity contribution is 0.270. The Morgan fingerprint density at radius 2 is 1.46 bits per heavy atom. The van der Waals surface area contributed by atoms with Crippen LogP contribution < -0.4 is 15.0 Å². The Balaban J connectivity index is 1.04. The van der Waals surface area contributed by atoms with Gasteiger partial charge in [-0.2, -0.15) is 0 Å². The van der Waals surface area contributed by atoms with Crippen molar-refractivity contribution in [2.75, 3.05) is 4.90 Å². The molecule has 3 nitrogen and oxygen atoms in total. The molecule has 0 fully saturated rings. The van der Waals surface area contributed by atoms with Crippen molar-refractivity contribution in [3.8, 4) is 16.9 Å². The molecule has 0 bridgehead atoms. The van der Waals surface area contributed by atoms with Crippen LogP contribution in [0.5, 0.6) is 5.75 Å². The van der Waals surface area contributed by atoms with Crippen LogP contribution in [-0.4, -0.2) is 6.10 Å². The van der Waals surface area contributed by atoms with E-state index in [1.807, 2.05) is 0 Å². The summed E-state index contributed by atoms with van der Waals surface area (Å²) in [5, 5.41) is 3.85. The standard InChI is InChI=1S/C53H46N2O/c1-36-32-40(44-23-8-9-24-45(44)41-34-49(37-16-4-2-5-17-37)54-50(35-41)38-18-6-3-7-19-38)30-31-55(51-28-12-10-22-43(36)51)42-21-14-20-39(33-42)46-26-15-27-48-47-25-11-13-29-52(47)56-53(46)48/h2-9,11-21,23-31,33-36,40,47,49,52,54H,10,22,32H2,1H3/b31-30-. The smallest absolute Gasteiger partial charge is 0.132 e. The number of dihydropyridines is 1. The number of hydrogen-bond acceptors (Lipinski definition) is 3. The van der Waals surface area contributed by atoms with E-state index in [-0.39, 0.29) is 24.0 Å². The van der Waals surface area contributed by atoms with Gasteiger partial charge in [-0.15, -0.1) is 0 Å². The molecule has 0 spiro atoms. The highest BCUT2D eigenvalue weighted by atomic mass is 16.5. The first-order valence-electron chi connectivity index (χ1n) is 20.2. The van der Waals surface area contributed by atoms with Gasteiger partial charge >= 0.3 is 0 Å². The van der Waals surface area contributed by atoms with Crippen molar-refractivity contribution < 1.29 is 4.74 Å². The maximum absolute atomic E-state index is 6.61. The number of fused-ring (bicyclic) bond motifs is 3. The summed E-state index contributed by atoms with van der Waals surface area (Å²) in [4.78, 5) is 2.44. The molecule has 0 aromatic heterocycles. The van der Waals surface area contributed by atoms with Crippen LogP contribution in [0, 0.1) is 5.92 Å². The van der Waals surface area contributed by atoms with Gasteiger partial charge in [0.1, 0.15) is 11.9 Å². The van der Waals surface area contributed by atoms with Crippen LogP contribution >= 0.6 is 0 Å². The van der Waals surface area contributed by atoms with Crippen molar-refractivity contribution in [2.24, 2.45) is 5.92 Å². The summed E-state index contributed by atoms with van der Waals surface area (Å²) in [6, 6.07) is 46.3. The molecule has 5 unspecified atom stereocenters. The van der Waals surface area contributed by atoms with E-state index in [4.69, 9.17) is 4.74 Å². The minimum Gasteiger partial charge on any atom is -0.484 e.